The molecule has 0 saturated carbocycles. The Kier molecular flexibility index (Phi) is 5.64. The molecule has 0 N–H and O–H groups in total. The molecule has 2 aliphatic carbocycles. The van der Waals surface area contributed by atoms with Crippen molar-refractivity contribution in [2.75, 3.05) is 0 Å². The van der Waals surface area contributed by atoms with Gasteiger partial charge in [0.25, 0.3) is 0 Å². The first kappa shape index (κ1) is 20.3. The zero-order valence-electron chi connectivity index (χ0n) is 17.7. The zero-order valence-corrected chi connectivity index (χ0v) is 21.1. The van der Waals surface area contributed by atoms with Crippen LogP contribution < -0.4 is 10.6 Å². The molecule has 4 aromatic carbocycles. The minimum absolute atomic E-state index is 0.546. The second-order valence-corrected chi connectivity index (χ2v) is 14.3. The van der Waals surface area contributed by atoms with Crippen molar-refractivity contribution in [1.82, 2.24) is 0 Å². The molecule has 0 spiro atoms. The van der Waals surface area contributed by atoms with Crippen LogP contribution in [0.15, 0.2) is 121 Å². The predicted octanol–water partition coefficient (Wildman–Crippen LogP) is 7.07. The molecule has 0 radical (unpaired) electrons. The summed E-state index contributed by atoms with van der Waals surface area (Å²) in [4.78, 5) is 0. The van der Waals surface area contributed by atoms with E-state index in [-0.39, 0.29) is 0 Å². The van der Waals surface area contributed by atoms with Crippen molar-refractivity contribution in [1.29, 1.82) is 0 Å². The molecule has 0 amide bonds. The fourth-order valence-electron chi connectivity index (χ4n) is 4.85. The Bertz CT molecular complexity index is 1270. The van der Waals surface area contributed by atoms with Gasteiger partial charge in [-0.3, -0.25) is 0 Å². The van der Waals surface area contributed by atoms with Crippen LogP contribution in [0, 0.1) is 0 Å². The van der Waals surface area contributed by atoms with Crippen LogP contribution in [0.3, 0.4) is 0 Å². The topological polar surface area (TPSA) is 0 Å². The molecule has 2 aliphatic rings. The summed E-state index contributed by atoms with van der Waals surface area (Å²) in [6.07, 6.45) is 7.38. The van der Waals surface area contributed by atoms with Crippen LogP contribution in [0.1, 0.15) is 29.5 Å². The molecule has 0 heterocycles. The second kappa shape index (κ2) is 8.90. The molecule has 0 fully saturated rings. The summed E-state index contributed by atoms with van der Waals surface area (Å²) in [6.45, 7) is 0. The number of hydrogen-bond acceptors (Lipinski definition) is 0. The molecule has 0 saturated heterocycles. The third kappa shape index (κ3) is 3.73. The molecule has 0 bridgehead atoms. The van der Waals surface area contributed by atoms with E-state index in [1.807, 2.05) is 0 Å². The Balaban J connectivity index is 1.45. The van der Waals surface area contributed by atoms with Crippen LogP contribution in [-0.4, -0.2) is 0 Å². The molecule has 0 aliphatic heterocycles. The summed E-state index contributed by atoms with van der Waals surface area (Å²) in [5.74, 6) is 0. The standard InChI is InChI=1S/C21H16P.C9H7.Zr/c1-3-11-19(12-4-1)22(20-13-5-2-6-14-20)21-15-17-9-7-8-10-18(17)16-21;1-2-5-9-7-3-6-8(9)4-1;/h1-16H;1-7H;. The predicted molar refractivity (Wildman–Crippen MR) is 134 cm³/mol. The molecular weight excluding hydrogens is 483 g/mol. The van der Waals surface area contributed by atoms with Crippen LogP contribution in [0.25, 0.3) is 12.2 Å². The van der Waals surface area contributed by atoms with E-state index < -0.39 is 31.2 Å². The Morgan fingerprint density at radius 3 is 1.81 bits per heavy atom. The summed E-state index contributed by atoms with van der Waals surface area (Å²) < 4.78 is 1.24. The Hall–Kier alpha value is -2.33. The molecule has 0 nitrogen and oxygen atoms in total. The third-order valence-corrected chi connectivity index (χ3v) is 13.9. The molecule has 2 atom stereocenters. The van der Waals surface area contributed by atoms with Gasteiger partial charge in [-0.2, -0.15) is 0 Å². The van der Waals surface area contributed by atoms with Gasteiger partial charge in [0.2, 0.25) is 0 Å². The molecule has 152 valence electrons. The van der Waals surface area contributed by atoms with Crippen molar-refractivity contribution in [2.24, 2.45) is 0 Å². The van der Waals surface area contributed by atoms with Gasteiger partial charge in [-0.05, 0) is 0 Å². The van der Waals surface area contributed by atoms with E-state index in [0.717, 1.165) is 0 Å². The van der Waals surface area contributed by atoms with E-state index in [2.05, 4.69) is 127 Å². The third-order valence-electron chi connectivity index (χ3n) is 6.34. The first-order chi connectivity index (χ1) is 15.9. The maximum atomic E-state index is 2.54. The maximum absolute atomic E-state index is 2.54. The number of allylic oxidation sites excluding steroid dienone is 2. The fourth-order valence-corrected chi connectivity index (χ4v) is 12.9. The monoisotopic (exact) mass is 504 g/mol. The first-order valence-electron chi connectivity index (χ1n) is 11.1. The second-order valence-electron chi connectivity index (χ2n) is 8.27. The number of hydrogen-bond donors (Lipinski definition) is 0. The van der Waals surface area contributed by atoms with Gasteiger partial charge in [-0.1, -0.05) is 0 Å². The van der Waals surface area contributed by atoms with Crippen LogP contribution in [0.5, 0.6) is 0 Å². The van der Waals surface area contributed by atoms with Gasteiger partial charge in [0, 0.05) is 0 Å². The molecular formula is C30H23PZr. The van der Waals surface area contributed by atoms with Crippen molar-refractivity contribution in [3.63, 3.8) is 0 Å². The van der Waals surface area contributed by atoms with Gasteiger partial charge in [0.15, 0.2) is 0 Å². The van der Waals surface area contributed by atoms with Gasteiger partial charge in [0.1, 0.15) is 0 Å². The normalized spacial score (nSPS) is 18.3. The number of benzene rings is 4. The van der Waals surface area contributed by atoms with Crippen LogP contribution in [0.2, 0.25) is 0 Å². The molecule has 6 rings (SSSR count). The average molecular weight is 506 g/mol. The van der Waals surface area contributed by atoms with Crippen molar-refractivity contribution in [3.05, 3.63) is 143 Å². The van der Waals surface area contributed by atoms with E-state index in [9.17, 15) is 0 Å². The van der Waals surface area contributed by atoms with E-state index in [0.29, 0.717) is 7.25 Å². The van der Waals surface area contributed by atoms with E-state index in [1.54, 1.807) is 16.4 Å². The SMILES string of the molecule is C1=C[CH]([Zr][CH]2C(P(c3ccccc3)c3ccccc3)=Cc3ccccc32)c2ccccc21. The number of fused-ring (bicyclic) bond motifs is 2. The van der Waals surface area contributed by atoms with Crippen molar-refractivity contribution >= 4 is 30.7 Å². The fraction of sp³-hybridized carbons (Fsp3) is 0.0667. The van der Waals surface area contributed by atoms with E-state index in [1.165, 1.54) is 21.7 Å². The van der Waals surface area contributed by atoms with Crippen molar-refractivity contribution in [3.8, 4) is 0 Å². The van der Waals surface area contributed by atoms with Crippen molar-refractivity contribution < 1.29 is 23.2 Å². The van der Waals surface area contributed by atoms with Crippen molar-refractivity contribution in [2.45, 2.75) is 7.25 Å². The molecule has 32 heavy (non-hydrogen) atoms. The first-order valence-corrected chi connectivity index (χ1v) is 15.3. The summed E-state index contributed by atoms with van der Waals surface area (Å²) in [6, 6.07) is 40.5. The average Bonchev–Trinajstić information content (AvgIpc) is 3.43. The van der Waals surface area contributed by atoms with E-state index in [4.69, 9.17) is 0 Å². The molecule has 4 aromatic rings. The number of rotatable bonds is 5. The summed E-state index contributed by atoms with van der Waals surface area (Å²) >= 11 is -0.853. The van der Waals surface area contributed by atoms with Gasteiger partial charge in [-0.25, -0.2) is 0 Å². The van der Waals surface area contributed by atoms with E-state index >= 15 is 0 Å². The van der Waals surface area contributed by atoms with Gasteiger partial charge >= 0.3 is 204 Å². The van der Waals surface area contributed by atoms with Gasteiger partial charge in [0.05, 0.1) is 0 Å². The Morgan fingerprint density at radius 1 is 0.562 bits per heavy atom. The van der Waals surface area contributed by atoms with Crippen LogP contribution >= 0.6 is 7.92 Å². The summed E-state index contributed by atoms with van der Waals surface area (Å²) in [5.41, 5.74) is 5.96. The van der Waals surface area contributed by atoms with Gasteiger partial charge in [-0.15, -0.1) is 0 Å². The quantitative estimate of drug-likeness (QED) is 0.255. The summed E-state index contributed by atoms with van der Waals surface area (Å²) in [5, 5.41) is 4.57. The Labute approximate surface area is 203 Å². The van der Waals surface area contributed by atoms with Crippen LogP contribution in [-0.2, 0) is 23.2 Å². The zero-order chi connectivity index (χ0) is 21.3. The Morgan fingerprint density at radius 2 is 1.12 bits per heavy atom. The van der Waals surface area contributed by atoms with Crippen LogP contribution in [0.4, 0.5) is 0 Å². The molecule has 0 aromatic heterocycles. The molecule has 2 heteroatoms. The molecule has 2 unspecified atom stereocenters. The van der Waals surface area contributed by atoms with Gasteiger partial charge < -0.3 is 0 Å². The minimum atomic E-state index is -0.853. The summed E-state index contributed by atoms with van der Waals surface area (Å²) in [7, 11) is -0.546.